The molecule has 18 heavy (non-hydrogen) atoms. The molecule has 2 rings (SSSR count). The lowest BCUT2D eigenvalue weighted by atomic mass is 9.89. The highest BCUT2D eigenvalue weighted by atomic mass is 16.6. The molecule has 2 heterocycles. The number of piperidine rings is 1. The van der Waals surface area contributed by atoms with Crippen molar-refractivity contribution in [1.82, 2.24) is 4.90 Å². The van der Waals surface area contributed by atoms with Gasteiger partial charge in [0, 0.05) is 13.0 Å². The van der Waals surface area contributed by atoms with Crippen LogP contribution in [0.15, 0.2) is 0 Å². The second-order valence-electron chi connectivity index (χ2n) is 6.36. The van der Waals surface area contributed by atoms with Gasteiger partial charge in [-0.15, -0.1) is 0 Å². The highest BCUT2D eigenvalue weighted by molar-refractivity contribution is 5.68. The molecule has 2 fully saturated rings. The SMILES string of the molecule is CC(C)(C)OC(=O)N1CCC[C@@]2(C[C@@H](O)CO2)C1. The first-order valence-electron chi connectivity index (χ1n) is 6.60. The van der Waals surface area contributed by atoms with Crippen LogP contribution in [0.2, 0.25) is 0 Å². The van der Waals surface area contributed by atoms with Crippen molar-refractivity contribution in [2.75, 3.05) is 19.7 Å². The van der Waals surface area contributed by atoms with Crippen molar-refractivity contribution in [3.8, 4) is 0 Å². The fraction of sp³-hybridized carbons (Fsp3) is 0.923. The Balaban J connectivity index is 1.97. The first-order chi connectivity index (χ1) is 8.30. The van der Waals surface area contributed by atoms with E-state index in [0.29, 0.717) is 26.1 Å². The third-order valence-electron chi connectivity index (χ3n) is 3.38. The Bertz CT molecular complexity index is 321. The molecule has 2 atom stereocenters. The number of hydrogen-bond donors (Lipinski definition) is 1. The Morgan fingerprint density at radius 3 is 2.78 bits per heavy atom. The van der Waals surface area contributed by atoms with Gasteiger partial charge in [-0.25, -0.2) is 4.79 Å². The van der Waals surface area contributed by atoms with Crippen molar-refractivity contribution in [2.24, 2.45) is 0 Å². The fourth-order valence-corrected chi connectivity index (χ4v) is 2.69. The van der Waals surface area contributed by atoms with Crippen LogP contribution in [-0.2, 0) is 9.47 Å². The molecule has 1 spiro atoms. The quantitative estimate of drug-likeness (QED) is 0.715. The van der Waals surface area contributed by atoms with Crippen LogP contribution in [0, 0.1) is 0 Å². The number of carbonyl (C=O) groups excluding carboxylic acids is 1. The Kier molecular flexibility index (Phi) is 3.56. The van der Waals surface area contributed by atoms with E-state index in [4.69, 9.17) is 9.47 Å². The normalized spacial score (nSPS) is 32.9. The van der Waals surface area contributed by atoms with Gasteiger partial charge in [-0.3, -0.25) is 0 Å². The zero-order valence-electron chi connectivity index (χ0n) is 11.4. The summed E-state index contributed by atoms with van der Waals surface area (Å²) in [5, 5.41) is 9.60. The van der Waals surface area contributed by atoms with Gasteiger partial charge in [0.25, 0.3) is 0 Å². The van der Waals surface area contributed by atoms with Gasteiger partial charge in [0.2, 0.25) is 0 Å². The summed E-state index contributed by atoms with van der Waals surface area (Å²) in [6.07, 6.45) is 1.73. The first kappa shape index (κ1) is 13.6. The van der Waals surface area contributed by atoms with Gasteiger partial charge in [0.05, 0.1) is 24.9 Å². The van der Waals surface area contributed by atoms with E-state index in [1.165, 1.54) is 0 Å². The van der Waals surface area contributed by atoms with E-state index in [1.54, 1.807) is 4.90 Å². The van der Waals surface area contributed by atoms with Gasteiger partial charge in [0.15, 0.2) is 0 Å². The van der Waals surface area contributed by atoms with E-state index in [2.05, 4.69) is 0 Å². The number of nitrogens with zero attached hydrogens (tertiary/aromatic N) is 1. The maximum absolute atomic E-state index is 12.0. The van der Waals surface area contributed by atoms with Gasteiger partial charge in [-0.05, 0) is 33.6 Å². The Morgan fingerprint density at radius 1 is 1.50 bits per heavy atom. The molecule has 0 aliphatic carbocycles. The van der Waals surface area contributed by atoms with Crippen LogP contribution >= 0.6 is 0 Å². The molecule has 5 nitrogen and oxygen atoms in total. The van der Waals surface area contributed by atoms with E-state index in [1.807, 2.05) is 20.8 Å². The van der Waals surface area contributed by atoms with Crippen molar-refractivity contribution in [2.45, 2.75) is 57.3 Å². The maximum Gasteiger partial charge on any atom is 0.410 e. The number of likely N-dealkylation sites (tertiary alicyclic amines) is 1. The summed E-state index contributed by atoms with van der Waals surface area (Å²) in [5.41, 5.74) is -0.827. The Labute approximate surface area is 108 Å². The predicted molar refractivity (Wildman–Crippen MR) is 66.3 cm³/mol. The summed E-state index contributed by atoms with van der Waals surface area (Å²) >= 11 is 0. The number of rotatable bonds is 0. The molecule has 0 aromatic rings. The number of ether oxygens (including phenoxy) is 2. The standard InChI is InChI=1S/C13H23NO4/c1-12(2,3)18-11(16)14-6-4-5-13(9-14)7-10(15)8-17-13/h10,15H,4-9H2,1-3H3/t10-,13-/m1/s1. The van der Waals surface area contributed by atoms with Crippen LogP contribution in [-0.4, -0.2) is 53.1 Å². The molecule has 0 radical (unpaired) electrons. The summed E-state index contributed by atoms with van der Waals surface area (Å²) in [7, 11) is 0. The number of hydrogen-bond acceptors (Lipinski definition) is 4. The molecular weight excluding hydrogens is 234 g/mol. The molecule has 0 saturated carbocycles. The van der Waals surface area contributed by atoms with Crippen LogP contribution in [0.25, 0.3) is 0 Å². The summed E-state index contributed by atoms with van der Waals surface area (Å²) in [6, 6.07) is 0. The third kappa shape index (κ3) is 3.14. The van der Waals surface area contributed by atoms with Crippen LogP contribution in [0.3, 0.4) is 0 Å². The average Bonchev–Trinajstić information content (AvgIpc) is 2.57. The molecule has 104 valence electrons. The molecular formula is C13H23NO4. The summed E-state index contributed by atoms with van der Waals surface area (Å²) < 4.78 is 11.1. The lowest BCUT2D eigenvalue weighted by Gasteiger charge is -2.39. The first-order valence-corrected chi connectivity index (χ1v) is 6.60. The van der Waals surface area contributed by atoms with Crippen molar-refractivity contribution >= 4 is 6.09 Å². The van der Waals surface area contributed by atoms with E-state index in [-0.39, 0.29) is 11.7 Å². The molecule has 5 heteroatoms. The Hall–Kier alpha value is -0.810. The van der Waals surface area contributed by atoms with E-state index in [0.717, 1.165) is 12.8 Å². The van der Waals surface area contributed by atoms with Gasteiger partial charge < -0.3 is 19.5 Å². The van der Waals surface area contributed by atoms with Gasteiger partial charge >= 0.3 is 6.09 Å². The lowest BCUT2D eigenvalue weighted by molar-refractivity contribution is -0.0580. The zero-order chi connectivity index (χ0) is 13.4. The van der Waals surface area contributed by atoms with E-state index >= 15 is 0 Å². The second kappa shape index (κ2) is 4.70. The summed E-state index contributed by atoms with van der Waals surface area (Å²) in [5.74, 6) is 0. The topological polar surface area (TPSA) is 59.0 Å². The second-order valence-corrected chi connectivity index (χ2v) is 6.36. The van der Waals surface area contributed by atoms with Crippen molar-refractivity contribution in [3.05, 3.63) is 0 Å². The molecule has 1 amide bonds. The van der Waals surface area contributed by atoms with E-state index < -0.39 is 11.7 Å². The smallest absolute Gasteiger partial charge is 0.410 e. The molecule has 0 unspecified atom stereocenters. The van der Waals surface area contributed by atoms with Crippen LogP contribution in [0.4, 0.5) is 4.79 Å². The van der Waals surface area contributed by atoms with E-state index in [9.17, 15) is 9.90 Å². The predicted octanol–water partition coefficient (Wildman–Crippen LogP) is 1.54. The van der Waals surface area contributed by atoms with Gasteiger partial charge in [0.1, 0.15) is 5.60 Å². The third-order valence-corrected chi connectivity index (χ3v) is 3.38. The molecule has 0 aromatic heterocycles. The van der Waals surface area contributed by atoms with Gasteiger partial charge in [-0.2, -0.15) is 0 Å². The summed E-state index contributed by atoms with van der Waals surface area (Å²) in [4.78, 5) is 13.7. The monoisotopic (exact) mass is 257 g/mol. The fourth-order valence-electron chi connectivity index (χ4n) is 2.69. The van der Waals surface area contributed by atoms with Gasteiger partial charge in [-0.1, -0.05) is 0 Å². The van der Waals surface area contributed by atoms with Crippen molar-refractivity contribution in [3.63, 3.8) is 0 Å². The average molecular weight is 257 g/mol. The molecule has 0 aromatic carbocycles. The Morgan fingerprint density at radius 2 is 2.22 bits per heavy atom. The molecule has 0 bridgehead atoms. The van der Waals surface area contributed by atoms with Crippen molar-refractivity contribution in [1.29, 1.82) is 0 Å². The number of amides is 1. The minimum absolute atomic E-state index is 0.286. The highest BCUT2D eigenvalue weighted by Crippen LogP contribution is 2.35. The number of aliphatic hydroxyl groups excluding tert-OH is 1. The zero-order valence-corrected chi connectivity index (χ0v) is 11.4. The largest absolute Gasteiger partial charge is 0.444 e. The molecule has 2 saturated heterocycles. The maximum atomic E-state index is 12.0. The van der Waals surface area contributed by atoms with Crippen LogP contribution in [0.5, 0.6) is 0 Å². The molecule has 2 aliphatic heterocycles. The number of aliphatic hydroxyl groups is 1. The van der Waals surface area contributed by atoms with Crippen LogP contribution < -0.4 is 0 Å². The molecule has 1 N–H and O–H groups in total. The molecule has 2 aliphatic rings. The summed E-state index contributed by atoms with van der Waals surface area (Å²) in [6.45, 7) is 7.19. The minimum atomic E-state index is -0.474. The lowest BCUT2D eigenvalue weighted by Crippen LogP contribution is -2.51. The minimum Gasteiger partial charge on any atom is -0.444 e. The number of carbonyl (C=O) groups is 1. The van der Waals surface area contributed by atoms with Crippen LogP contribution in [0.1, 0.15) is 40.0 Å². The van der Waals surface area contributed by atoms with Crippen molar-refractivity contribution < 1.29 is 19.4 Å². The highest BCUT2D eigenvalue weighted by Gasteiger charge is 2.44.